The molecule has 1 aromatic carbocycles. The molecule has 0 aliphatic heterocycles. The summed E-state index contributed by atoms with van der Waals surface area (Å²) in [5, 5.41) is 2.88. The van der Waals surface area contributed by atoms with Gasteiger partial charge < -0.3 is 5.32 Å². The van der Waals surface area contributed by atoms with Crippen LogP contribution in [0.15, 0.2) is 36.5 Å². The van der Waals surface area contributed by atoms with Gasteiger partial charge in [-0.05, 0) is 50.2 Å². The summed E-state index contributed by atoms with van der Waals surface area (Å²) in [5.41, 5.74) is 1.04. The minimum absolute atomic E-state index is 0.0507. The Morgan fingerprint density at radius 2 is 1.86 bits per heavy atom. The van der Waals surface area contributed by atoms with Crippen LogP contribution in [0.3, 0.4) is 0 Å². The second-order valence-corrected chi connectivity index (χ2v) is 7.97. The van der Waals surface area contributed by atoms with Crippen LogP contribution in [0, 0.1) is 0 Å². The third-order valence-electron chi connectivity index (χ3n) is 4.98. The van der Waals surface area contributed by atoms with Gasteiger partial charge in [0, 0.05) is 11.9 Å². The fourth-order valence-electron chi connectivity index (χ4n) is 3.77. The molecule has 150 valence electrons. The van der Waals surface area contributed by atoms with Gasteiger partial charge in [-0.15, -0.1) is 0 Å². The van der Waals surface area contributed by atoms with Gasteiger partial charge in [-0.1, -0.05) is 41.9 Å². The maximum absolute atomic E-state index is 13.2. The average molecular weight is 411 g/mol. The van der Waals surface area contributed by atoms with Crippen LogP contribution in [0.4, 0.5) is 13.2 Å². The van der Waals surface area contributed by atoms with Gasteiger partial charge in [0.2, 0.25) is 0 Å². The predicted molar refractivity (Wildman–Crippen MR) is 103 cm³/mol. The largest absolute Gasteiger partial charge is 0.391 e. The number of hydrogen-bond acceptors (Lipinski definition) is 2. The quantitative estimate of drug-likeness (QED) is 0.727. The number of fused-ring (bicyclic) bond motifs is 1. The van der Waals surface area contributed by atoms with Crippen LogP contribution in [0.5, 0.6) is 0 Å². The first-order valence-corrected chi connectivity index (χ1v) is 9.64. The standard InChI is InChI=1S/C21H22ClF3N2O/c1-20(13-21(23,24)25,11-14-7-3-2-4-8-14)27-19(28)16-12-26-17-10-6-5-9-15(17)18(16)22/h2-4,7-8,12H,5-6,9-11,13H2,1H3,(H,27,28). The molecule has 0 spiro atoms. The van der Waals surface area contributed by atoms with Crippen LogP contribution in [-0.2, 0) is 19.3 Å². The van der Waals surface area contributed by atoms with E-state index in [9.17, 15) is 18.0 Å². The van der Waals surface area contributed by atoms with Crippen LogP contribution >= 0.6 is 11.6 Å². The highest BCUT2D eigenvalue weighted by molar-refractivity contribution is 6.34. The molecule has 3 nitrogen and oxygen atoms in total. The van der Waals surface area contributed by atoms with E-state index in [1.807, 2.05) is 0 Å². The topological polar surface area (TPSA) is 42.0 Å². The molecule has 1 unspecified atom stereocenters. The average Bonchev–Trinajstić information content (AvgIpc) is 2.61. The van der Waals surface area contributed by atoms with Gasteiger partial charge in [-0.2, -0.15) is 13.2 Å². The lowest BCUT2D eigenvalue weighted by molar-refractivity contribution is -0.147. The van der Waals surface area contributed by atoms with Crippen molar-refractivity contribution >= 4 is 17.5 Å². The molecule has 1 atom stereocenters. The molecule has 7 heteroatoms. The maximum Gasteiger partial charge on any atom is 0.391 e. The number of nitrogens with zero attached hydrogens (tertiary/aromatic N) is 1. The Balaban J connectivity index is 1.87. The van der Waals surface area contributed by atoms with Crippen molar-refractivity contribution < 1.29 is 18.0 Å². The first-order valence-electron chi connectivity index (χ1n) is 9.26. The van der Waals surface area contributed by atoms with E-state index < -0.39 is 24.0 Å². The van der Waals surface area contributed by atoms with Crippen molar-refractivity contribution in [1.29, 1.82) is 0 Å². The Labute approximate surface area is 167 Å². The molecule has 1 amide bonds. The molecular weight excluding hydrogens is 389 g/mol. The summed E-state index contributed by atoms with van der Waals surface area (Å²) >= 11 is 6.42. The Bertz CT molecular complexity index is 855. The molecule has 3 rings (SSSR count). The number of alkyl halides is 3. The number of carbonyl (C=O) groups excluding carboxylic acids is 1. The normalized spacial score (nSPS) is 16.2. The van der Waals surface area contributed by atoms with Crippen molar-refractivity contribution in [1.82, 2.24) is 10.3 Å². The van der Waals surface area contributed by atoms with E-state index >= 15 is 0 Å². The maximum atomic E-state index is 13.2. The van der Waals surface area contributed by atoms with Crippen LogP contribution in [0.1, 0.15) is 53.4 Å². The van der Waals surface area contributed by atoms with Crippen molar-refractivity contribution in [2.45, 2.75) is 57.2 Å². The summed E-state index contributed by atoms with van der Waals surface area (Å²) in [6.07, 6.45) is -0.635. The molecule has 1 aliphatic rings. The summed E-state index contributed by atoms with van der Waals surface area (Å²) in [7, 11) is 0. The molecule has 0 radical (unpaired) electrons. The lowest BCUT2D eigenvalue weighted by Crippen LogP contribution is -2.50. The van der Waals surface area contributed by atoms with Gasteiger partial charge in [-0.3, -0.25) is 9.78 Å². The zero-order valence-corrected chi connectivity index (χ0v) is 16.3. The minimum atomic E-state index is -4.42. The number of amides is 1. The molecule has 0 saturated carbocycles. The highest BCUT2D eigenvalue weighted by atomic mass is 35.5. The predicted octanol–water partition coefficient (Wildman–Crippen LogP) is 5.30. The number of aromatic nitrogens is 1. The minimum Gasteiger partial charge on any atom is -0.346 e. The Morgan fingerprint density at radius 1 is 1.18 bits per heavy atom. The van der Waals surface area contributed by atoms with Crippen LogP contribution in [0.2, 0.25) is 5.02 Å². The Morgan fingerprint density at radius 3 is 2.54 bits per heavy atom. The number of pyridine rings is 1. The van der Waals surface area contributed by atoms with Gasteiger partial charge in [0.15, 0.2) is 0 Å². The summed E-state index contributed by atoms with van der Waals surface area (Å²) in [5.74, 6) is -0.631. The Kier molecular flexibility index (Phi) is 5.98. The summed E-state index contributed by atoms with van der Waals surface area (Å²) < 4.78 is 39.7. The van der Waals surface area contributed by atoms with Gasteiger partial charge in [0.1, 0.15) is 0 Å². The molecular formula is C21H22ClF3N2O. The second-order valence-electron chi connectivity index (χ2n) is 7.59. The van der Waals surface area contributed by atoms with Crippen molar-refractivity contribution in [2.24, 2.45) is 0 Å². The summed E-state index contributed by atoms with van der Waals surface area (Å²) in [6.45, 7) is 1.41. The van der Waals surface area contributed by atoms with Gasteiger partial charge in [0.05, 0.1) is 22.5 Å². The van der Waals surface area contributed by atoms with E-state index in [4.69, 9.17) is 11.6 Å². The van der Waals surface area contributed by atoms with E-state index in [2.05, 4.69) is 10.3 Å². The fourth-order valence-corrected chi connectivity index (χ4v) is 4.11. The number of aryl methyl sites for hydroxylation is 1. The van der Waals surface area contributed by atoms with E-state index in [1.54, 1.807) is 30.3 Å². The zero-order chi connectivity index (χ0) is 20.4. The molecule has 2 aromatic rings. The van der Waals surface area contributed by atoms with E-state index in [1.165, 1.54) is 13.1 Å². The lowest BCUT2D eigenvalue weighted by Gasteiger charge is -2.32. The first kappa shape index (κ1) is 20.6. The number of nitrogens with one attached hydrogen (secondary N) is 1. The van der Waals surface area contributed by atoms with Gasteiger partial charge in [0.25, 0.3) is 5.91 Å². The molecule has 0 saturated heterocycles. The monoisotopic (exact) mass is 410 g/mol. The number of rotatable bonds is 5. The van der Waals surface area contributed by atoms with Gasteiger partial charge >= 0.3 is 6.18 Å². The van der Waals surface area contributed by atoms with Crippen molar-refractivity contribution in [3.05, 3.63) is 63.9 Å². The summed E-state index contributed by atoms with van der Waals surface area (Å²) in [4.78, 5) is 17.2. The SMILES string of the molecule is CC(Cc1ccccc1)(CC(F)(F)F)NC(=O)c1cnc2c(c1Cl)CCCC2. The number of carbonyl (C=O) groups is 1. The van der Waals surface area contributed by atoms with Crippen LogP contribution in [0.25, 0.3) is 0 Å². The highest BCUT2D eigenvalue weighted by Gasteiger charge is 2.41. The third-order valence-corrected chi connectivity index (χ3v) is 5.41. The molecule has 1 N–H and O–H groups in total. The Hall–Kier alpha value is -2.08. The van der Waals surface area contributed by atoms with Gasteiger partial charge in [-0.25, -0.2) is 0 Å². The van der Waals surface area contributed by atoms with Crippen molar-refractivity contribution in [2.75, 3.05) is 0 Å². The van der Waals surface area contributed by atoms with Crippen LogP contribution in [-0.4, -0.2) is 22.6 Å². The van der Waals surface area contributed by atoms with Crippen LogP contribution < -0.4 is 5.32 Å². The van der Waals surface area contributed by atoms with E-state index in [0.29, 0.717) is 10.6 Å². The molecule has 1 aliphatic carbocycles. The zero-order valence-electron chi connectivity index (χ0n) is 15.6. The third kappa shape index (κ3) is 5.04. The number of benzene rings is 1. The highest BCUT2D eigenvalue weighted by Crippen LogP contribution is 2.32. The summed E-state index contributed by atoms with van der Waals surface area (Å²) in [6, 6.07) is 8.80. The molecule has 0 fully saturated rings. The van der Waals surface area contributed by atoms with Crippen molar-refractivity contribution in [3.8, 4) is 0 Å². The first-order chi connectivity index (χ1) is 13.2. The fraction of sp³-hybridized carbons (Fsp3) is 0.429. The molecule has 1 heterocycles. The lowest BCUT2D eigenvalue weighted by atomic mass is 9.88. The molecule has 1 aromatic heterocycles. The molecule has 28 heavy (non-hydrogen) atoms. The van der Waals surface area contributed by atoms with E-state index in [0.717, 1.165) is 36.9 Å². The second kappa shape index (κ2) is 8.11. The molecule has 0 bridgehead atoms. The van der Waals surface area contributed by atoms with E-state index in [-0.39, 0.29) is 12.0 Å². The van der Waals surface area contributed by atoms with Crippen molar-refractivity contribution in [3.63, 3.8) is 0 Å². The number of hydrogen-bond donors (Lipinski definition) is 1. The smallest absolute Gasteiger partial charge is 0.346 e. The number of halogens is 4.